The molecule has 35 heavy (non-hydrogen) atoms. The van der Waals surface area contributed by atoms with Crippen molar-refractivity contribution >= 4 is 69.2 Å². The third-order valence-corrected chi connectivity index (χ3v) is 6.58. The van der Waals surface area contributed by atoms with Gasteiger partial charge in [-0.2, -0.15) is 0 Å². The highest BCUT2D eigenvalue weighted by Gasteiger charge is 2.33. The Labute approximate surface area is 217 Å². The summed E-state index contributed by atoms with van der Waals surface area (Å²) in [4.78, 5) is 27.3. The lowest BCUT2D eigenvalue weighted by molar-refractivity contribution is -0.118. The Kier molecular flexibility index (Phi) is 7.75. The number of nitrogens with zero attached hydrogens (tertiary/aromatic N) is 1. The largest absolute Gasteiger partial charge is 0.493 e. The van der Waals surface area contributed by atoms with E-state index in [1.54, 1.807) is 48.5 Å². The Hall–Kier alpha value is -3.33. The lowest BCUT2D eigenvalue weighted by atomic mass is 10.1. The summed E-state index contributed by atoms with van der Waals surface area (Å²) in [5.74, 6) is 0.320. The molecule has 0 radical (unpaired) electrons. The van der Waals surface area contributed by atoms with Crippen LogP contribution >= 0.6 is 35.6 Å². The van der Waals surface area contributed by atoms with Gasteiger partial charge in [0.2, 0.25) is 0 Å². The number of methoxy groups -OCH3 is 1. The van der Waals surface area contributed by atoms with Crippen molar-refractivity contribution in [3.63, 3.8) is 0 Å². The fraction of sp³-hybridized carbons (Fsp3) is 0.115. The lowest BCUT2D eigenvalue weighted by Crippen LogP contribution is -2.27. The number of benzene rings is 3. The maximum Gasteiger partial charge on any atom is 0.270 e. The van der Waals surface area contributed by atoms with Crippen LogP contribution in [0.5, 0.6) is 11.5 Å². The van der Waals surface area contributed by atoms with Crippen molar-refractivity contribution < 1.29 is 19.1 Å². The third kappa shape index (κ3) is 6.03. The van der Waals surface area contributed by atoms with Gasteiger partial charge in [0, 0.05) is 10.7 Å². The van der Waals surface area contributed by atoms with Crippen LogP contribution in [0.3, 0.4) is 0 Å². The van der Waals surface area contributed by atoms with E-state index < -0.39 is 0 Å². The van der Waals surface area contributed by atoms with Crippen molar-refractivity contribution in [3.05, 3.63) is 87.8 Å². The summed E-state index contributed by atoms with van der Waals surface area (Å²) < 4.78 is 11.6. The van der Waals surface area contributed by atoms with Crippen LogP contribution in [0.4, 0.5) is 11.4 Å². The molecule has 1 heterocycles. The van der Waals surface area contributed by atoms with E-state index in [2.05, 4.69) is 5.32 Å². The maximum absolute atomic E-state index is 13.0. The molecule has 1 fully saturated rings. The molecule has 0 bridgehead atoms. The van der Waals surface area contributed by atoms with Gasteiger partial charge in [0.1, 0.15) is 0 Å². The topological polar surface area (TPSA) is 67.9 Å². The first-order chi connectivity index (χ1) is 16.8. The number of nitrogens with one attached hydrogen (secondary N) is 1. The van der Waals surface area contributed by atoms with Gasteiger partial charge in [0.25, 0.3) is 11.8 Å². The van der Waals surface area contributed by atoms with Crippen LogP contribution in [0.2, 0.25) is 5.02 Å². The smallest absolute Gasteiger partial charge is 0.270 e. The summed E-state index contributed by atoms with van der Waals surface area (Å²) in [6.07, 6.45) is 1.76. The monoisotopic (exact) mass is 524 g/mol. The average molecular weight is 525 g/mol. The molecule has 0 saturated carbocycles. The summed E-state index contributed by atoms with van der Waals surface area (Å²) in [5.41, 5.74) is 3.16. The number of aryl methyl sites for hydroxylation is 1. The van der Waals surface area contributed by atoms with Crippen molar-refractivity contribution in [2.75, 3.05) is 23.9 Å². The SMILES string of the molecule is COc1cc(/C=C2\SC(=S)N(c3ccc(C)cc3)C2=O)ccc1OCC(=O)Nc1cccc(Cl)c1. The van der Waals surface area contributed by atoms with Gasteiger partial charge in [-0.25, -0.2) is 0 Å². The molecule has 0 spiro atoms. The Morgan fingerprint density at radius 1 is 1.11 bits per heavy atom. The molecule has 4 rings (SSSR count). The van der Waals surface area contributed by atoms with Crippen LogP contribution in [0.1, 0.15) is 11.1 Å². The van der Waals surface area contributed by atoms with Crippen LogP contribution in [-0.2, 0) is 9.59 Å². The summed E-state index contributed by atoms with van der Waals surface area (Å²) in [5, 5.41) is 3.25. The highest BCUT2D eigenvalue weighted by atomic mass is 35.5. The number of ether oxygens (including phenoxy) is 2. The third-order valence-electron chi connectivity index (χ3n) is 5.04. The van der Waals surface area contributed by atoms with Crippen LogP contribution in [-0.4, -0.2) is 29.9 Å². The molecular weight excluding hydrogens is 504 g/mol. The number of anilines is 2. The number of hydrogen-bond donors (Lipinski definition) is 1. The van der Waals surface area contributed by atoms with Crippen LogP contribution in [0, 0.1) is 6.92 Å². The first-order valence-corrected chi connectivity index (χ1v) is 12.1. The number of carbonyl (C=O) groups excluding carboxylic acids is 2. The predicted octanol–water partition coefficient (Wildman–Crippen LogP) is 6.08. The Morgan fingerprint density at radius 2 is 1.89 bits per heavy atom. The molecule has 1 aliphatic rings. The zero-order valence-electron chi connectivity index (χ0n) is 18.9. The van der Waals surface area contributed by atoms with E-state index in [1.807, 2.05) is 31.2 Å². The van der Waals surface area contributed by atoms with Crippen LogP contribution < -0.4 is 19.7 Å². The van der Waals surface area contributed by atoms with Crippen molar-refractivity contribution in [1.82, 2.24) is 0 Å². The molecule has 0 aliphatic carbocycles. The van der Waals surface area contributed by atoms with Crippen LogP contribution in [0.25, 0.3) is 6.08 Å². The van der Waals surface area contributed by atoms with E-state index in [9.17, 15) is 9.59 Å². The molecule has 0 aromatic heterocycles. The number of halogens is 1. The second-order valence-corrected chi connectivity index (χ2v) is 9.72. The van der Waals surface area contributed by atoms with Gasteiger partial charge in [-0.15, -0.1) is 0 Å². The van der Waals surface area contributed by atoms with Gasteiger partial charge < -0.3 is 14.8 Å². The first kappa shape index (κ1) is 24.8. The first-order valence-electron chi connectivity index (χ1n) is 10.5. The van der Waals surface area contributed by atoms with Crippen molar-refractivity contribution in [2.24, 2.45) is 0 Å². The standard InChI is InChI=1S/C26H21ClN2O4S2/c1-16-6-9-20(10-7-16)29-25(31)23(35-26(29)34)13-17-8-11-21(22(12-17)32-2)33-15-24(30)28-19-5-3-4-18(27)14-19/h3-14H,15H2,1-2H3,(H,28,30)/b23-13-. The fourth-order valence-electron chi connectivity index (χ4n) is 3.34. The summed E-state index contributed by atoms with van der Waals surface area (Å²) in [6, 6.07) is 19.7. The van der Waals surface area contributed by atoms with Gasteiger partial charge in [0.15, 0.2) is 22.4 Å². The van der Waals surface area contributed by atoms with E-state index in [0.717, 1.165) is 16.8 Å². The minimum Gasteiger partial charge on any atom is -0.493 e. The molecule has 1 aliphatic heterocycles. The normalized spacial score (nSPS) is 14.4. The summed E-state index contributed by atoms with van der Waals surface area (Å²) in [6.45, 7) is 1.78. The van der Waals surface area contributed by atoms with Crippen molar-refractivity contribution in [1.29, 1.82) is 0 Å². The average Bonchev–Trinajstić information content (AvgIpc) is 3.11. The number of amides is 2. The zero-order chi connectivity index (χ0) is 24.9. The van der Waals surface area contributed by atoms with E-state index in [0.29, 0.717) is 31.4 Å². The fourth-order valence-corrected chi connectivity index (χ4v) is 4.82. The maximum atomic E-state index is 13.0. The molecule has 6 nitrogen and oxygen atoms in total. The van der Waals surface area contributed by atoms with E-state index in [-0.39, 0.29) is 18.4 Å². The lowest BCUT2D eigenvalue weighted by Gasteiger charge is -2.14. The molecule has 3 aromatic rings. The van der Waals surface area contributed by atoms with Gasteiger partial charge in [0.05, 0.1) is 17.7 Å². The minimum atomic E-state index is -0.335. The van der Waals surface area contributed by atoms with Gasteiger partial charge in [-0.05, 0) is 61.0 Å². The molecule has 1 saturated heterocycles. The Balaban J connectivity index is 1.45. The molecule has 2 amide bonds. The number of thioether (sulfide) groups is 1. The van der Waals surface area contributed by atoms with E-state index in [1.165, 1.54) is 23.8 Å². The van der Waals surface area contributed by atoms with Gasteiger partial charge in [-0.1, -0.05) is 65.4 Å². The molecule has 0 atom stereocenters. The quantitative estimate of drug-likeness (QED) is 0.298. The van der Waals surface area contributed by atoms with E-state index in [4.69, 9.17) is 33.3 Å². The number of thiocarbonyl (C=S) groups is 1. The number of carbonyl (C=O) groups is 2. The molecule has 178 valence electrons. The Bertz CT molecular complexity index is 1330. The highest BCUT2D eigenvalue weighted by Crippen LogP contribution is 2.37. The second-order valence-electron chi connectivity index (χ2n) is 7.61. The second kappa shape index (κ2) is 10.9. The predicted molar refractivity (Wildman–Crippen MR) is 145 cm³/mol. The number of rotatable bonds is 7. The van der Waals surface area contributed by atoms with Crippen molar-refractivity contribution in [3.8, 4) is 11.5 Å². The van der Waals surface area contributed by atoms with E-state index >= 15 is 0 Å². The Morgan fingerprint density at radius 3 is 2.60 bits per heavy atom. The van der Waals surface area contributed by atoms with Gasteiger partial charge in [-0.3, -0.25) is 14.5 Å². The molecule has 9 heteroatoms. The number of hydrogen-bond acceptors (Lipinski definition) is 6. The van der Waals surface area contributed by atoms with Crippen molar-refractivity contribution in [2.45, 2.75) is 6.92 Å². The molecule has 1 N–H and O–H groups in total. The summed E-state index contributed by atoms with van der Waals surface area (Å²) in [7, 11) is 1.51. The van der Waals surface area contributed by atoms with Crippen LogP contribution in [0.15, 0.2) is 71.6 Å². The minimum absolute atomic E-state index is 0.180. The molecule has 3 aromatic carbocycles. The highest BCUT2D eigenvalue weighted by molar-refractivity contribution is 8.27. The zero-order valence-corrected chi connectivity index (χ0v) is 21.3. The summed E-state index contributed by atoms with van der Waals surface area (Å²) >= 11 is 12.6. The molecular formula is C26H21ClN2O4S2. The molecule has 0 unspecified atom stereocenters. The van der Waals surface area contributed by atoms with Gasteiger partial charge >= 0.3 is 0 Å².